The predicted octanol–water partition coefficient (Wildman–Crippen LogP) is 3.16. The number of rotatable bonds is 6. The molecule has 2 amide bonds. The van der Waals surface area contributed by atoms with Gasteiger partial charge in [-0.1, -0.05) is 12.2 Å². The first-order valence-electron chi connectivity index (χ1n) is 9.64. The molecule has 1 aromatic carbocycles. The van der Waals surface area contributed by atoms with Crippen molar-refractivity contribution >= 4 is 11.8 Å². The Morgan fingerprint density at radius 3 is 2.50 bits per heavy atom. The molecule has 1 atom stereocenters. The fourth-order valence-electron chi connectivity index (χ4n) is 3.66. The van der Waals surface area contributed by atoms with Gasteiger partial charge in [-0.15, -0.1) is 0 Å². The van der Waals surface area contributed by atoms with Crippen molar-refractivity contribution in [2.75, 3.05) is 19.7 Å². The van der Waals surface area contributed by atoms with Gasteiger partial charge in [0.15, 0.2) is 0 Å². The maximum absolute atomic E-state index is 12.6. The Morgan fingerprint density at radius 2 is 1.88 bits per heavy atom. The quantitative estimate of drug-likeness (QED) is 0.797. The van der Waals surface area contributed by atoms with E-state index in [4.69, 9.17) is 4.74 Å². The van der Waals surface area contributed by atoms with E-state index < -0.39 is 0 Å². The number of likely N-dealkylation sites (tertiary alicyclic amines) is 1. The largest absolute Gasteiger partial charge is 0.494 e. The Balaban J connectivity index is 1.44. The van der Waals surface area contributed by atoms with Gasteiger partial charge in [0.2, 0.25) is 5.91 Å². The van der Waals surface area contributed by atoms with Gasteiger partial charge in [-0.3, -0.25) is 9.59 Å². The molecule has 0 bridgehead atoms. The Bertz CT molecular complexity index is 646. The second kappa shape index (κ2) is 8.88. The molecule has 1 aromatic rings. The van der Waals surface area contributed by atoms with E-state index in [1.54, 1.807) is 0 Å². The second-order valence-corrected chi connectivity index (χ2v) is 7.06. The molecule has 1 aliphatic heterocycles. The third-order valence-corrected chi connectivity index (χ3v) is 5.12. The van der Waals surface area contributed by atoms with Crippen molar-refractivity contribution in [2.24, 2.45) is 5.92 Å². The van der Waals surface area contributed by atoms with Crippen LogP contribution in [-0.4, -0.2) is 42.5 Å². The number of ether oxygens (including phenoxy) is 1. The van der Waals surface area contributed by atoms with E-state index in [1.807, 2.05) is 36.1 Å². The van der Waals surface area contributed by atoms with Crippen molar-refractivity contribution in [3.8, 4) is 5.75 Å². The zero-order chi connectivity index (χ0) is 18.4. The molecule has 0 aromatic heterocycles. The number of benzene rings is 1. The number of carbonyl (C=O) groups is 2. The molecule has 0 radical (unpaired) electrons. The second-order valence-electron chi connectivity index (χ2n) is 7.06. The molecule has 3 rings (SSSR count). The fraction of sp³-hybridized carbons (Fsp3) is 0.524. The highest BCUT2D eigenvalue weighted by Gasteiger charge is 2.25. The third-order valence-electron chi connectivity index (χ3n) is 5.12. The molecule has 5 nitrogen and oxygen atoms in total. The van der Waals surface area contributed by atoms with Crippen LogP contribution in [0.5, 0.6) is 5.75 Å². The Morgan fingerprint density at radius 1 is 1.15 bits per heavy atom. The molecule has 140 valence electrons. The van der Waals surface area contributed by atoms with Crippen molar-refractivity contribution in [2.45, 2.75) is 45.1 Å². The van der Waals surface area contributed by atoms with Crippen molar-refractivity contribution < 1.29 is 14.3 Å². The number of piperidine rings is 1. The van der Waals surface area contributed by atoms with Gasteiger partial charge in [-0.2, -0.15) is 0 Å². The molecule has 1 fully saturated rings. The van der Waals surface area contributed by atoms with Crippen LogP contribution in [0.25, 0.3) is 0 Å². The zero-order valence-electron chi connectivity index (χ0n) is 15.4. The number of allylic oxidation sites excluding steroid dienone is 2. The summed E-state index contributed by atoms with van der Waals surface area (Å²) in [7, 11) is 0. The van der Waals surface area contributed by atoms with Crippen LogP contribution in [0.2, 0.25) is 0 Å². The first-order valence-corrected chi connectivity index (χ1v) is 9.64. The molecule has 26 heavy (non-hydrogen) atoms. The smallest absolute Gasteiger partial charge is 0.253 e. The van der Waals surface area contributed by atoms with Crippen LogP contribution in [-0.2, 0) is 4.79 Å². The number of nitrogens with zero attached hydrogens (tertiary/aromatic N) is 1. The maximum Gasteiger partial charge on any atom is 0.253 e. The molecule has 2 aliphatic rings. The summed E-state index contributed by atoms with van der Waals surface area (Å²) in [6, 6.07) is 7.48. The normalized spacial score (nSPS) is 20.2. The lowest BCUT2D eigenvalue weighted by atomic mass is 10.0. The number of carbonyl (C=O) groups excluding carboxylic acids is 2. The van der Waals surface area contributed by atoms with E-state index in [1.165, 1.54) is 0 Å². The molecule has 0 spiro atoms. The van der Waals surface area contributed by atoms with Gasteiger partial charge in [-0.25, -0.2) is 0 Å². The first kappa shape index (κ1) is 18.5. The van der Waals surface area contributed by atoms with Gasteiger partial charge in [0.1, 0.15) is 5.75 Å². The van der Waals surface area contributed by atoms with Gasteiger partial charge < -0.3 is 15.0 Å². The zero-order valence-corrected chi connectivity index (χ0v) is 15.4. The average Bonchev–Trinajstić information content (AvgIpc) is 3.15. The van der Waals surface area contributed by atoms with Gasteiger partial charge in [0.25, 0.3) is 5.91 Å². The van der Waals surface area contributed by atoms with Crippen LogP contribution in [0.1, 0.15) is 49.4 Å². The van der Waals surface area contributed by atoms with Crippen molar-refractivity contribution in [3.05, 3.63) is 42.0 Å². The molecule has 1 N–H and O–H groups in total. The lowest BCUT2D eigenvalue weighted by Crippen LogP contribution is -2.46. The molecule has 1 heterocycles. The molecule has 1 unspecified atom stereocenters. The molecular weight excluding hydrogens is 328 g/mol. The topological polar surface area (TPSA) is 58.6 Å². The summed E-state index contributed by atoms with van der Waals surface area (Å²) in [6.45, 7) is 3.91. The van der Waals surface area contributed by atoms with Crippen LogP contribution in [0.3, 0.4) is 0 Å². The van der Waals surface area contributed by atoms with Gasteiger partial charge in [-0.05, 0) is 62.8 Å². The number of nitrogens with one attached hydrogen (secondary N) is 1. The van der Waals surface area contributed by atoms with Gasteiger partial charge in [0.05, 0.1) is 6.61 Å². The number of hydrogen-bond donors (Lipinski definition) is 1. The minimum atomic E-state index is 0.0499. The molecule has 5 heteroatoms. The van der Waals surface area contributed by atoms with Crippen molar-refractivity contribution in [3.63, 3.8) is 0 Å². The number of hydrogen-bond acceptors (Lipinski definition) is 3. The minimum absolute atomic E-state index is 0.0499. The van der Waals surface area contributed by atoms with Crippen LogP contribution in [0.4, 0.5) is 0 Å². The van der Waals surface area contributed by atoms with E-state index in [0.717, 1.165) is 31.4 Å². The summed E-state index contributed by atoms with van der Waals surface area (Å²) in [6.07, 6.45) is 8.69. The Hall–Kier alpha value is -2.30. The minimum Gasteiger partial charge on any atom is -0.494 e. The van der Waals surface area contributed by atoms with Crippen LogP contribution >= 0.6 is 0 Å². The van der Waals surface area contributed by atoms with Crippen LogP contribution in [0, 0.1) is 5.92 Å². The van der Waals surface area contributed by atoms with Crippen molar-refractivity contribution in [1.82, 2.24) is 10.2 Å². The Labute approximate surface area is 155 Å². The lowest BCUT2D eigenvalue weighted by Gasteiger charge is -2.32. The monoisotopic (exact) mass is 356 g/mol. The molecule has 1 aliphatic carbocycles. The Kier molecular flexibility index (Phi) is 6.31. The highest BCUT2D eigenvalue weighted by Crippen LogP contribution is 2.21. The average molecular weight is 356 g/mol. The highest BCUT2D eigenvalue weighted by atomic mass is 16.5. The highest BCUT2D eigenvalue weighted by molar-refractivity contribution is 5.94. The molecule has 0 saturated carbocycles. The predicted molar refractivity (Wildman–Crippen MR) is 101 cm³/mol. The summed E-state index contributed by atoms with van der Waals surface area (Å²) in [5, 5.41) is 3.14. The van der Waals surface area contributed by atoms with Gasteiger partial charge >= 0.3 is 0 Å². The van der Waals surface area contributed by atoms with E-state index >= 15 is 0 Å². The standard InChI is InChI=1S/C21H28N2O3/c1-2-26-19-9-7-17(8-10-19)21(25)23-13-11-18(12-14-23)22-20(24)15-16-5-3-4-6-16/h3,5,7-10,16,18H,2,4,6,11-15H2,1H3,(H,22,24). The summed E-state index contributed by atoms with van der Waals surface area (Å²) in [4.78, 5) is 26.6. The van der Waals surface area contributed by atoms with E-state index in [9.17, 15) is 9.59 Å². The number of amides is 2. The van der Waals surface area contributed by atoms with Crippen LogP contribution in [0.15, 0.2) is 36.4 Å². The molecule has 1 saturated heterocycles. The van der Waals surface area contributed by atoms with Crippen molar-refractivity contribution in [1.29, 1.82) is 0 Å². The van der Waals surface area contributed by atoms with E-state index in [-0.39, 0.29) is 17.9 Å². The summed E-state index contributed by atoms with van der Waals surface area (Å²) < 4.78 is 5.42. The summed E-state index contributed by atoms with van der Waals surface area (Å²) >= 11 is 0. The molecular formula is C21H28N2O3. The maximum atomic E-state index is 12.6. The van der Waals surface area contributed by atoms with E-state index in [0.29, 0.717) is 37.6 Å². The SMILES string of the molecule is CCOc1ccc(C(=O)N2CCC(NC(=O)CC3C=CCC3)CC2)cc1. The fourth-order valence-corrected chi connectivity index (χ4v) is 3.66. The first-order chi connectivity index (χ1) is 12.7. The van der Waals surface area contributed by atoms with E-state index in [2.05, 4.69) is 17.5 Å². The summed E-state index contributed by atoms with van der Waals surface area (Å²) in [5.41, 5.74) is 0.684. The lowest BCUT2D eigenvalue weighted by molar-refractivity contribution is -0.122. The van der Waals surface area contributed by atoms with Gasteiger partial charge in [0, 0.05) is 31.1 Å². The van der Waals surface area contributed by atoms with Crippen LogP contribution < -0.4 is 10.1 Å². The summed E-state index contributed by atoms with van der Waals surface area (Å²) in [5.74, 6) is 1.37. The third kappa shape index (κ3) is 4.87.